The van der Waals surface area contributed by atoms with Gasteiger partial charge in [0.2, 0.25) is 10.0 Å². The van der Waals surface area contributed by atoms with Crippen LogP contribution in [0.3, 0.4) is 0 Å². The highest BCUT2D eigenvalue weighted by Gasteiger charge is 2.39. The van der Waals surface area contributed by atoms with Gasteiger partial charge >= 0.3 is 0 Å². The maximum Gasteiger partial charge on any atom is 0.214 e. The van der Waals surface area contributed by atoms with Crippen molar-refractivity contribution in [3.05, 3.63) is 0 Å². The zero-order valence-electron chi connectivity index (χ0n) is 10.6. The second-order valence-corrected chi connectivity index (χ2v) is 7.83. The fraction of sp³-hybridized carbons (Fsp3) is 1.00. The van der Waals surface area contributed by atoms with E-state index in [4.69, 9.17) is 0 Å². The molecule has 100 valence electrons. The van der Waals surface area contributed by atoms with Crippen molar-refractivity contribution in [1.82, 2.24) is 4.31 Å². The lowest BCUT2D eigenvalue weighted by atomic mass is 9.94. The van der Waals surface area contributed by atoms with Crippen molar-refractivity contribution in [3.63, 3.8) is 0 Å². The molecule has 1 unspecified atom stereocenters. The van der Waals surface area contributed by atoms with Crippen LogP contribution in [0.1, 0.15) is 45.4 Å². The molecule has 0 amide bonds. The third-order valence-corrected chi connectivity index (χ3v) is 5.96. The molecule has 0 aromatic heterocycles. The predicted octanol–water partition coefficient (Wildman–Crippen LogP) is 1.35. The minimum atomic E-state index is -3.11. The van der Waals surface area contributed by atoms with Gasteiger partial charge in [-0.05, 0) is 18.8 Å². The lowest BCUT2D eigenvalue weighted by molar-refractivity contribution is 0.00876. The fourth-order valence-corrected chi connectivity index (χ4v) is 4.97. The van der Waals surface area contributed by atoms with Crippen LogP contribution in [-0.2, 0) is 10.0 Å². The van der Waals surface area contributed by atoms with Crippen molar-refractivity contribution in [2.75, 3.05) is 18.8 Å². The molecule has 0 radical (unpaired) electrons. The van der Waals surface area contributed by atoms with E-state index in [9.17, 15) is 13.5 Å². The Bertz CT molecular complexity index is 358. The van der Waals surface area contributed by atoms with Crippen molar-refractivity contribution in [2.45, 2.75) is 51.0 Å². The summed E-state index contributed by atoms with van der Waals surface area (Å²) in [4.78, 5) is 0. The third kappa shape index (κ3) is 3.20. The average molecular weight is 261 g/mol. The Hall–Kier alpha value is -0.130. The Morgan fingerprint density at radius 3 is 2.29 bits per heavy atom. The summed E-state index contributed by atoms with van der Waals surface area (Å²) in [5.41, 5.74) is -0.784. The van der Waals surface area contributed by atoms with Crippen LogP contribution in [0.5, 0.6) is 0 Å². The molecule has 1 aliphatic carbocycles. The molecule has 1 saturated heterocycles. The van der Waals surface area contributed by atoms with Crippen molar-refractivity contribution < 1.29 is 13.5 Å². The van der Waals surface area contributed by atoms with E-state index in [-0.39, 0.29) is 11.7 Å². The highest BCUT2D eigenvalue weighted by atomic mass is 32.2. The Morgan fingerprint density at radius 1 is 1.24 bits per heavy atom. The van der Waals surface area contributed by atoms with Gasteiger partial charge in [0.15, 0.2) is 0 Å². The van der Waals surface area contributed by atoms with Gasteiger partial charge in [0.1, 0.15) is 0 Å². The van der Waals surface area contributed by atoms with E-state index >= 15 is 0 Å². The van der Waals surface area contributed by atoms with E-state index < -0.39 is 15.6 Å². The van der Waals surface area contributed by atoms with Gasteiger partial charge in [0, 0.05) is 13.1 Å². The van der Waals surface area contributed by atoms with Gasteiger partial charge < -0.3 is 5.11 Å². The van der Waals surface area contributed by atoms with E-state index in [0.717, 1.165) is 38.5 Å². The molecule has 1 saturated carbocycles. The zero-order chi connectivity index (χ0) is 12.5. The predicted molar refractivity (Wildman–Crippen MR) is 67.2 cm³/mol. The number of nitrogens with zero attached hydrogens (tertiary/aromatic N) is 1. The molecule has 1 N–H and O–H groups in total. The standard InChI is InChI=1S/C12H23NO3S/c1-11-8-13(17(15,16)9-11)10-12(14)6-4-2-3-5-7-12/h11,14H,2-10H2,1H3. The number of β-amino-alcohol motifs (C(OH)–C–C–N with tert-alkyl or cyclic N) is 1. The average Bonchev–Trinajstić information content (AvgIpc) is 2.39. The number of aliphatic hydroxyl groups is 1. The van der Waals surface area contributed by atoms with Crippen molar-refractivity contribution in [1.29, 1.82) is 0 Å². The Morgan fingerprint density at radius 2 is 1.82 bits per heavy atom. The van der Waals surface area contributed by atoms with Gasteiger partial charge in [-0.1, -0.05) is 32.6 Å². The van der Waals surface area contributed by atoms with Crippen molar-refractivity contribution in [3.8, 4) is 0 Å². The van der Waals surface area contributed by atoms with Crippen molar-refractivity contribution >= 4 is 10.0 Å². The van der Waals surface area contributed by atoms with Crippen LogP contribution >= 0.6 is 0 Å². The number of hydrogen-bond acceptors (Lipinski definition) is 3. The molecule has 0 aromatic rings. The first-order valence-corrected chi connectivity index (χ1v) is 8.22. The summed E-state index contributed by atoms with van der Waals surface area (Å²) in [6, 6.07) is 0. The molecule has 2 fully saturated rings. The molecule has 2 rings (SSSR count). The summed E-state index contributed by atoms with van der Waals surface area (Å²) in [6.07, 6.45) is 5.83. The molecule has 1 atom stereocenters. The largest absolute Gasteiger partial charge is 0.389 e. The molecule has 1 heterocycles. The van der Waals surface area contributed by atoms with Crippen LogP contribution in [0.4, 0.5) is 0 Å². The third-order valence-electron chi connectivity index (χ3n) is 3.91. The second kappa shape index (κ2) is 4.86. The highest BCUT2D eigenvalue weighted by Crippen LogP contribution is 2.30. The smallest absolute Gasteiger partial charge is 0.214 e. The molecule has 0 spiro atoms. The molecular formula is C12H23NO3S. The number of sulfonamides is 1. The Kier molecular flexibility index (Phi) is 3.80. The van der Waals surface area contributed by atoms with Gasteiger partial charge in [-0.3, -0.25) is 0 Å². The molecule has 4 nitrogen and oxygen atoms in total. The SMILES string of the molecule is CC1CN(CC2(O)CCCCCC2)S(=O)(=O)C1. The minimum absolute atomic E-state index is 0.189. The van der Waals surface area contributed by atoms with Gasteiger partial charge in [0.25, 0.3) is 0 Å². The monoisotopic (exact) mass is 261 g/mol. The fourth-order valence-electron chi connectivity index (χ4n) is 3.01. The van der Waals surface area contributed by atoms with E-state index in [2.05, 4.69) is 0 Å². The number of rotatable bonds is 2. The van der Waals surface area contributed by atoms with Crippen LogP contribution in [0.15, 0.2) is 0 Å². The molecule has 0 bridgehead atoms. The van der Waals surface area contributed by atoms with Crippen LogP contribution in [0.25, 0.3) is 0 Å². The molecule has 2 aliphatic rings. The van der Waals surface area contributed by atoms with Gasteiger partial charge in [-0.25, -0.2) is 8.42 Å². The maximum absolute atomic E-state index is 11.9. The first-order valence-electron chi connectivity index (χ1n) is 6.62. The van der Waals surface area contributed by atoms with Gasteiger partial charge in [-0.15, -0.1) is 0 Å². The summed E-state index contributed by atoms with van der Waals surface area (Å²) >= 11 is 0. The molecule has 1 aliphatic heterocycles. The van der Waals surface area contributed by atoms with E-state index in [1.54, 1.807) is 0 Å². The molecular weight excluding hydrogens is 238 g/mol. The first kappa shape index (κ1) is 13.3. The van der Waals surface area contributed by atoms with E-state index in [1.165, 1.54) is 4.31 Å². The second-order valence-electron chi connectivity index (χ2n) is 5.81. The lowest BCUT2D eigenvalue weighted by Gasteiger charge is -2.30. The normalized spacial score (nSPS) is 33.4. The Balaban J connectivity index is 2.04. The summed E-state index contributed by atoms with van der Waals surface area (Å²) in [5, 5.41) is 10.5. The van der Waals surface area contributed by atoms with Crippen LogP contribution in [0, 0.1) is 5.92 Å². The van der Waals surface area contributed by atoms with Gasteiger partial charge in [0.05, 0.1) is 11.4 Å². The van der Waals surface area contributed by atoms with Crippen LogP contribution in [0.2, 0.25) is 0 Å². The molecule has 17 heavy (non-hydrogen) atoms. The lowest BCUT2D eigenvalue weighted by Crippen LogP contribution is -2.43. The topological polar surface area (TPSA) is 57.6 Å². The van der Waals surface area contributed by atoms with E-state index in [0.29, 0.717) is 13.1 Å². The summed E-state index contributed by atoms with van der Waals surface area (Å²) in [7, 11) is -3.11. The first-order chi connectivity index (χ1) is 7.91. The highest BCUT2D eigenvalue weighted by molar-refractivity contribution is 7.89. The molecule has 5 heteroatoms. The van der Waals surface area contributed by atoms with Gasteiger partial charge in [-0.2, -0.15) is 4.31 Å². The molecule has 0 aromatic carbocycles. The summed E-state index contributed by atoms with van der Waals surface area (Å²) in [6.45, 7) is 2.83. The maximum atomic E-state index is 11.9. The summed E-state index contributed by atoms with van der Waals surface area (Å²) < 4.78 is 25.3. The van der Waals surface area contributed by atoms with E-state index in [1.807, 2.05) is 6.92 Å². The Labute approximate surface area is 104 Å². The van der Waals surface area contributed by atoms with Crippen LogP contribution < -0.4 is 0 Å². The number of hydrogen-bond donors (Lipinski definition) is 1. The minimum Gasteiger partial charge on any atom is -0.389 e. The van der Waals surface area contributed by atoms with Crippen LogP contribution in [-0.4, -0.2) is 42.3 Å². The van der Waals surface area contributed by atoms with Crippen molar-refractivity contribution in [2.24, 2.45) is 5.92 Å². The quantitative estimate of drug-likeness (QED) is 0.763. The summed E-state index contributed by atoms with van der Waals surface area (Å²) in [5.74, 6) is 0.428. The zero-order valence-corrected chi connectivity index (χ0v) is 11.4.